The Kier molecular flexibility index (Phi) is 4.34. The van der Waals surface area contributed by atoms with Crippen molar-refractivity contribution in [3.63, 3.8) is 0 Å². The van der Waals surface area contributed by atoms with Gasteiger partial charge in [0.05, 0.1) is 19.4 Å². The van der Waals surface area contributed by atoms with Crippen molar-refractivity contribution in [2.45, 2.75) is 6.04 Å². The van der Waals surface area contributed by atoms with Crippen LogP contribution in [0.5, 0.6) is 5.75 Å². The molecule has 0 bridgehead atoms. The number of carbonyl (C=O) groups is 1. The molecule has 0 radical (unpaired) electrons. The number of amides is 1. The first-order chi connectivity index (χ1) is 9.65. The summed E-state index contributed by atoms with van der Waals surface area (Å²) in [5.74, 6) is 0.198. The van der Waals surface area contributed by atoms with Crippen LogP contribution < -0.4 is 15.8 Å². The molecule has 0 aliphatic rings. The molecule has 1 heterocycles. The number of aliphatic hydroxyl groups excluding tert-OH is 1. The highest BCUT2D eigenvalue weighted by Gasteiger charge is 2.17. The molecule has 2 rings (SSSR count). The zero-order chi connectivity index (χ0) is 14.5. The molecule has 7 nitrogen and oxygen atoms in total. The van der Waals surface area contributed by atoms with E-state index in [0.717, 1.165) is 0 Å². The molecule has 106 valence electrons. The number of methoxy groups -OCH3 is 1. The first-order valence-corrected chi connectivity index (χ1v) is 5.92. The minimum atomic E-state index is -0.747. The average Bonchev–Trinajstić information content (AvgIpc) is 2.97. The van der Waals surface area contributed by atoms with Crippen LogP contribution in [0.3, 0.4) is 0 Å². The second kappa shape index (κ2) is 6.18. The first kappa shape index (κ1) is 14.0. The lowest BCUT2D eigenvalue weighted by Gasteiger charge is -2.08. The van der Waals surface area contributed by atoms with Crippen molar-refractivity contribution in [1.29, 1.82) is 0 Å². The van der Waals surface area contributed by atoms with Crippen LogP contribution in [0, 0.1) is 0 Å². The number of benzene rings is 1. The van der Waals surface area contributed by atoms with Gasteiger partial charge in [0.2, 0.25) is 5.89 Å². The van der Waals surface area contributed by atoms with Crippen molar-refractivity contribution in [3.05, 3.63) is 42.1 Å². The summed E-state index contributed by atoms with van der Waals surface area (Å²) < 4.78 is 10.2. The van der Waals surface area contributed by atoms with Crippen LogP contribution in [0.4, 0.5) is 5.69 Å². The maximum atomic E-state index is 12.0. The number of anilines is 1. The van der Waals surface area contributed by atoms with Gasteiger partial charge in [0.15, 0.2) is 5.69 Å². The van der Waals surface area contributed by atoms with E-state index in [-0.39, 0.29) is 18.2 Å². The lowest BCUT2D eigenvalue weighted by molar-refractivity contribution is 0.102. The Morgan fingerprint density at radius 1 is 1.55 bits per heavy atom. The molecule has 1 unspecified atom stereocenters. The van der Waals surface area contributed by atoms with Crippen molar-refractivity contribution in [2.75, 3.05) is 19.0 Å². The molecule has 0 aliphatic carbocycles. The third kappa shape index (κ3) is 2.95. The highest BCUT2D eigenvalue weighted by atomic mass is 16.5. The number of rotatable bonds is 5. The van der Waals surface area contributed by atoms with Gasteiger partial charge in [-0.05, 0) is 12.1 Å². The molecule has 0 spiro atoms. The van der Waals surface area contributed by atoms with Crippen LogP contribution >= 0.6 is 0 Å². The number of aromatic nitrogens is 1. The van der Waals surface area contributed by atoms with Crippen molar-refractivity contribution in [1.82, 2.24) is 4.98 Å². The number of hydrogen-bond acceptors (Lipinski definition) is 6. The summed E-state index contributed by atoms with van der Waals surface area (Å²) in [5.41, 5.74) is 6.15. The third-order valence-electron chi connectivity index (χ3n) is 2.62. The number of hydrogen-bond donors (Lipinski definition) is 3. The largest absolute Gasteiger partial charge is 0.495 e. The smallest absolute Gasteiger partial charge is 0.277 e. The van der Waals surface area contributed by atoms with Gasteiger partial charge in [-0.1, -0.05) is 12.1 Å². The predicted molar refractivity (Wildman–Crippen MR) is 71.5 cm³/mol. The molecule has 1 atom stereocenters. The van der Waals surface area contributed by atoms with Crippen molar-refractivity contribution in [3.8, 4) is 5.75 Å². The molecule has 4 N–H and O–H groups in total. The third-order valence-corrected chi connectivity index (χ3v) is 2.62. The van der Waals surface area contributed by atoms with E-state index in [0.29, 0.717) is 11.4 Å². The second-order valence-corrected chi connectivity index (χ2v) is 4.01. The predicted octanol–water partition coefficient (Wildman–Crippen LogP) is 0.928. The van der Waals surface area contributed by atoms with E-state index in [1.54, 1.807) is 24.3 Å². The molecule has 7 heteroatoms. The Balaban J connectivity index is 2.14. The normalized spacial score (nSPS) is 11.9. The van der Waals surface area contributed by atoms with Gasteiger partial charge in [-0.3, -0.25) is 4.79 Å². The molecule has 20 heavy (non-hydrogen) atoms. The van der Waals surface area contributed by atoms with Gasteiger partial charge < -0.3 is 25.3 Å². The Bertz CT molecular complexity index is 597. The molecule has 0 saturated carbocycles. The van der Waals surface area contributed by atoms with Gasteiger partial charge in [-0.15, -0.1) is 0 Å². The van der Waals surface area contributed by atoms with E-state index in [1.807, 2.05) is 0 Å². The Morgan fingerprint density at radius 3 is 3.00 bits per heavy atom. The molecule has 1 aromatic heterocycles. The number of nitrogens with one attached hydrogen (secondary N) is 1. The van der Waals surface area contributed by atoms with Crippen molar-refractivity contribution < 1.29 is 19.1 Å². The van der Waals surface area contributed by atoms with Crippen LogP contribution in [0.15, 0.2) is 34.9 Å². The fraction of sp³-hybridized carbons (Fsp3) is 0.231. The van der Waals surface area contributed by atoms with E-state index < -0.39 is 11.9 Å². The van der Waals surface area contributed by atoms with Gasteiger partial charge in [0.1, 0.15) is 18.1 Å². The number of oxazole rings is 1. The van der Waals surface area contributed by atoms with Crippen LogP contribution in [-0.2, 0) is 0 Å². The Morgan fingerprint density at radius 2 is 2.30 bits per heavy atom. The minimum Gasteiger partial charge on any atom is -0.495 e. The van der Waals surface area contributed by atoms with Gasteiger partial charge in [-0.2, -0.15) is 0 Å². The van der Waals surface area contributed by atoms with Crippen molar-refractivity contribution in [2.24, 2.45) is 5.73 Å². The molecular formula is C13H15N3O4. The van der Waals surface area contributed by atoms with E-state index in [4.69, 9.17) is 20.0 Å². The molecule has 1 amide bonds. The summed E-state index contributed by atoms with van der Waals surface area (Å²) in [4.78, 5) is 15.9. The number of aliphatic hydroxyl groups is 1. The summed E-state index contributed by atoms with van der Waals surface area (Å²) in [6, 6.07) is 6.25. The first-order valence-electron chi connectivity index (χ1n) is 5.92. The molecule has 2 aromatic rings. The standard InChI is InChI=1S/C13H15N3O4/c1-19-11-5-3-2-4-9(11)15-12(18)10-7-20-13(16-10)8(14)6-17/h2-5,7-8,17H,6,14H2,1H3,(H,15,18). The maximum absolute atomic E-state index is 12.0. The monoisotopic (exact) mass is 277 g/mol. The number of nitrogens with two attached hydrogens (primary N) is 1. The topological polar surface area (TPSA) is 111 Å². The summed E-state index contributed by atoms with van der Waals surface area (Å²) in [6.07, 6.45) is 1.19. The second-order valence-electron chi connectivity index (χ2n) is 4.01. The van der Waals surface area contributed by atoms with Crippen molar-refractivity contribution >= 4 is 11.6 Å². The summed E-state index contributed by atoms with van der Waals surface area (Å²) >= 11 is 0. The molecule has 0 saturated heterocycles. The number of ether oxygens (including phenoxy) is 1. The van der Waals surface area contributed by atoms with Gasteiger partial charge >= 0.3 is 0 Å². The summed E-state index contributed by atoms with van der Waals surface area (Å²) in [5, 5.41) is 11.6. The number of nitrogens with zero attached hydrogens (tertiary/aromatic N) is 1. The molecule has 1 aromatic carbocycles. The zero-order valence-electron chi connectivity index (χ0n) is 10.9. The molecule has 0 aliphatic heterocycles. The van der Waals surface area contributed by atoms with Crippen LogP contribution in [0.1, 0.15) is 22.4 Å². The maximum Gasteiger partial charge on any atom is 0.277 e. The highest BCUT2D eigenvalue weighted by Crippen LogP contribution is 2.23. The molecular weight excluding hydrogens is 262 g/mol. The van der Waals surface area contributed by atoms with E-state index >= 15 is 0 Å². The van der Waals surface area contributed by atoms with E-state index in [2.05, 4.69) is 10.3 Å². The average molecular weight is 277 g/mol. The van der Waals surface area contributed by atoms with Gasteiger partial charge in [0.25, 0.3) is 5.91 Å². The van der Waals surface area contributed by atoms with Gasteiger partial charge in [0, 0.05) is 0 Å². The van der Waals surface area contributed by atoms with E-state index in [1.165, 1.54) is 13.4 Å². The summed E-state index contributed by atoms with van der Waals surface area (Å²) in [6.45, 7) is -0.311. The summed E-state index contributed by atoms with van der Waals surface area (Å²) in [7, 11) is 1.51. The lowest BCUT2D eigenvalue weighted by atomic mass is 10.3. The fourth-order valence-corrected chi connectivity index (χ4v) is 1.57. The quantitative estimate of drug-likeness (QED) is 0.749. The Labute approximate surface area is 115 Å². The number of para-hydroxylation sites is 2. The highest BCUT2D eigenvalue weighted by molar-refractivity contribution is 6.03. The Hall–Kier alpha value is -2.38. The van der Waals surface area contributed by atoms with Gasteiger partial charge in [-0.25, -0.2) is 4.98 Å². The SMILES string of the molecule is COc1ccccc1NC(=O)c1coc(C(N)CO)n1. The fourth-order valence-electron chi connectivity index (χ4n) is 1.57. The van der Waals surface area contributed by atoms with Crippen LogP contribution in [0.25, 0.3) is 0 Å². The van der Waals surface area contributed by atoms with Crippen LogP contribution in [0.2, 0.25) is 0 Å². The minimum absolute atomic E-state index is 0.0785. The number of carbonyl (C=O) groups excluding carboxylic acids is 1. The van der Waals surface area contributed by atoms with E-state index in [9.17, 15) is 4.79 Å². The lowest BCUT2D eigenvalue weighted by Crippen LogP contribution is -2.16. The zero-order valence-corrected chi connectivity index (χ0v) is 10.9. The molecule has 0 fully saturated rings. The van der Waals surface area contributed by atoms with Crippen LogP contribution in [-0.4, -0.2) is 29.7 Å².